The smallest absolute Gasteiger partial charge is 0.228 e. The van der Waals surface area contributed by atoms with E-state index in [4.69, 9.17) is 9.47 Å². The average Bonchev–Trinajstić information content (AvgIpc) is 1.63. The number of ketones is 2. The van der Waals surface area contributed by atoms with Crippen LogP contribution >= 0.6 is 0 Å². The molecular weight excluding hydrogens is 1520 g/mol. The van der Waals surface area contributed by atoms with Crippen LogP contribution in [0.25, 0.3) is 67.9 Å². The van der Waals surface area contributed by atoms with Crippen LogP contribution in [0.15, 0.2) is 194 Å². The lowest BCUT2D eigenvalue weighted by Crippen LogP contribution is -2.11. The minimum absolute atomic E-state index is 0.0203. The summed E-state index contributed by atoms with van der Waals surface area (Å²) >= 11 is 0. The number of benzene rings is 10. The van der Waals surface area contributed by atoms with Crippen LogP contribution in [0.3, 0.4) is 0 Å². The van der Waals surface area contributed by atoms with Gasteiger partial charge in [0.1, 0.15) is 11.7 Å². The Balaban J connectivity index is 0.000000101. The molecule has 2 saturated heterocycles. The molecule has 23 rings (SSSR count). The summed E-state index contributed by atoms with van der Waals surface area (Å²) in [5.41, 5.74) is 47.3. The number of allylic oxidation sites excluding steroid dienone is 7. The molecule has 5 N–H and O–H groups in total. The molecule has 10 aromatic rings. The fraction of sp³-hybridized carbons (Fsp3) is 0.257. The van der Waals surface area contributed by atoms with Gasteiger partial charge in [-0.2, -0.15) is 0 Å². The summed E-state index contributed by atoms with van der Waals surface area (Å²) in [6.45, 7) is 20.9. The van der Waals surface area contributed by atoms with Gasteiger partial charge in [0.2, 0.25) is 29.5 Å². The molecule has 3 fully saturated rings. The Labute approximate surface area is 718 Å². The van der Waals surface area contributed by atoms with Gasteiger partial charge in [-0.1, -0.05) is 168 Å². The molecule has 3 atom stereocenters. The summed E-state index contributed by atoms with van der Waals surface area (Å²) in [4.78, 5) is 84.5. The molecule has 14 heteroatoms. The van der Waals surface area contributed by atoms with E-state index in [9.17, 15) is 33.6 Å². The van der Waals surface area contributed by atoms with Crippen LogP contribution in [-0.4, -0.2) is 53.8 Å². The van der Waals surface area contributed by atoms with E-state index in [1.807, 2.05) is 48.6 Å². The maximum absolute atomic E-state index is 12.5. The first kappa shape index (κ1) is 79.8. The molecule has 7 heterocycles. The average molecular weight is 1620 g/mol. The highest BCUT2D eigenvalue weighted by molar-refractivity contribution is 6.17. The molecule has 0 aromatic heterocycles. The minimum atomic E-state index is -0.159. The number of fused-ring (bicyclic) bond motifs is 20. The van der Waals surface area contributed by atoms with E-state index in [2.05, 4.69) is 228 Å². The topological polar surface area (TPSA) is 205 Å². The normalized spacial score (nSPS) is 19.7. The number of hydrogen-bond acceptors (Lipinski definition) is 9. The van der Waals surface area contributed by atoms with Crippen molar-refractivity contribution in [3.63, 3.8) is 0 Å². The number of rotatable bonds is 8. The standard InChI is InChI=1S/C23H23NO.2C22H19NO2.2C21H19NO2/c1-14-3-5-16-11-18-19(17(16)9-14)12-22(25)24-21-6-4-15(10-20(18)21)13-23(2)7-8-23;2*1-13-3-7-16-11-18-19(17(16)9-13)12-22(25)23-21-8-6-15(10-20(18)21)5-4-14(2)24;1-12-3-4-13-8-16-17(15(13)7-12)10-20(23)22-19-6-5-14(9-18(16)19)21(2)11-24-21;1-11-3-4-13-8-16-17(15(13)7-11)10-20(23)22-19-6-5-14(9-18(16)19)21-12(2)24-21/h3-6,9-10H,7-8,11-13H2,1-2H3,(H,24,25);2*3-10H,11-12H2,1-2H3,(H,23,25);3-7,9H,8,10-11H2,1-2H3,(H,22,23);3-7,9,12,21H,8,10H2,1-2H3,(H,22,23)/b;5-4+;5-4-;;. The van der Waals surface area contributed by atoms with E-state index in [1.54, 1.807) is 12.2 Å². The minimum Gasteiger partial charge on any atom is -0.365 e. The van der Waals surface area contributed by atoms with Crippen LogP contribution in [0.4, 0.5) is 28.4 Å². The molecule has 13 aliphatic rings. The third kappa shape index (κ3) is 16.1. The highest BCUT2D eigenvalue weighted by Crippen LogP contribution is 2.54. The van der Waals surface area contributed by atoms with Crippen molar-refractivity contribution < 1.29 is 43.0 Å². The van der Waals surface area contributed by atoms with Crippen molar-refractivity contribution in [2.75, 3.05) is 33.2 Å². The zero-order valence-electron chi connectivity index (χ0n) is 71.4. The molecule has 0 bridgehead atoms. The van der Waals surface area contributed by atoms with Crippen LogP contribution in [0.5, 0.6) is 0 Å². The molecule has 0 radical (unpaired) electrons. The summed E-state index contributed by atoms with van der Waals surface area (Å²) in [5.74, 6) is 0.318. The van der Waals surface area contributed by atoms with Gasteiger partial charge in [-0.25, -0.2) is 0 Å². The van der Waals surface area contributed by atoms with Gasteiger partial charge < -0.3 is 36.1 Å². The first-order valence-electron chi connectivity index (χ1n) is 43.1. The van der Waals surface area contributed by atoms with Crippen molar-refractivity contribution in [3.05, 3.63) is 333 Å². The SMILES string of the molecule is CC(=O)/C=C/c1ccc2c(c1)C1=C(CC(=O)N2)c2cc(C)ccc2C1.CC(=O)/C=C\c1ccc2c(c1)C1=C(CC(=O)N2)c2cc(C)ccc2C1.Cc1ccc2c(c1)C1=C(C2)c2cc(C3(C)CO3)ccc2NC(=O)C1.Cc1ccc2c(c1)C1=C(C2)c2cc(C3OC3C)ccc2NC(=O)C1.Cc1ccc2c(c1)C1=C(C2)c2cc(CC3(C)CC3)ccc2NC(=O)C1. The highest BCUT2D eigenvalue weighted by Gasteiger charge is 2.44. The van der Waals surface area contributed by atoms with Gasteiger partial charge in [-0.15, -0.1) is 0 Å². The monoisotopic (exact) mass is 1620 g/mol. The van der Waals surface area contributed by atoms with Crippen molar-refractivity contribution >= 4 is 137 Å². The largest absolute Gasteiger partial charge is 0.365 e. The Morgan fingerprint density at radius 3 is 0.967 bits per heavy atom. The van der Waals surface area contributed by atoms with Crippen LogP contribution in [0.2, 0.25) is 0 Å². The zero-order valence-corrected chi connectivity index (χ0v) is 71.4. The molecule has 10 aromatic carbocycles. The molecule has 614 valence electrons. The molecular formula is C109H99N5O9. The van der Waals surface area contributed by atoms with Crippen molar-refractivity contribution in [3.8, 4) is 0 Å². The summed E-state index contributed by atoms with van der Waals surface area (Å²) in [6.07, 6.45) is 17.7. The van der Waals surface area contributed by atoms with Gasteiger partial charge in [0, 0.05) is 56.3 Å². The molecule has 5 amide bonds. The summed E-state index contributed by atoms with van der Waals surface area (Å²) in [6, 6.07) is 63.8. The van der Waals surface area contributed by atoms with Gasteiger partial charge in [0.05, 0.1) is 44.8 Å². The van der Waals surface area contributed by atoms with Crippen molar-refractivity contribution in [1.82, 2.24) is 0 Å². The molecule has 0 spiro atoms. The number of epoxide rings is 2. The predicted molar refractivity (Wildman–Crippen MR) is 494 cm³/mol. The fourth-order valence-electron chi connectivity index (χ4n) is 19.6. The number of carbonyl (C=O) groups is 7. The van der Waals surface area contributed by atoms with E-state index < -0.39 is 0 Å². The van der Waals surface area contributed by atoms with Crippen molar-refractivity contribution in [1.29, 1.82) is 0 Å². The molecule has 6 aliphatic carbocycles. The molecule has 123 heavy (non-hydrogen) atoms. The maximum atomic E-state index is 12.5. The van der Waals surface area contributed by atoms with Gasteiger partial charge in [-0.05, 0) is 331 Å². The van der Waals surface area contributed by atoms with Gasteiger partial charge in [0.25, 0.3) is 0 Å². The summed E-state index contributed by atoms with van der Waals surface area (Å²) < 4.78 is 11.2. The lowest BCUT2D eigenvalue weighted by molar-refractivity contribution is -0.116. The summed E-state index contributed by atoms with van der Waals surface area (Å²) in [5, 5.41) is 15.3. The number of amides is 5. The van der Waals surface area contributed by atoms with E-state index in [0.29, 0.717) is 43.6 Å². The number of ether oxygens (including phenoxy) is 2. The number of anilines is 5. The Morgan fingerprint density at radius 1 is 0.358 bits per heavy atom. The quantitative estimate of drug-likeness (QED) is 0.0724. The van der Waals surface area contributed by atoms with E-state index in [-0.39, 0.29) is 52.8 Å². The van der Waals surface area contributed by atoms with Gasteiger partial charge in [0.15, 0.2) is 11.6 Å². The lowest BCUT2D eigenvalue weighted by atomic mass is 9.92. The lowest BCUT2D eigenvalue weighted by Gasteiger charge is -2.14. The molecule has 7 aliphatic heterocycles. The Bertz CT molecular complexity index is 6430. The molecule has 3 unspecified atom stereocenters. The number of nitrogens with one attached hydrogen (secondary N) is 5. The fourth-order valence-corrected chi connectivity index (χ4v) is 19.6. The van der Waals surface area contributed by atoms with E-state index >= 15 is 0 Å². The molecule has 14 nitrogen and oxygen atoms in total. The molecule has 1 saturated carbocycles. The Kier molecular flexibility index (Phi) is 20.4. The van der Waals surface area contributed by atoms with Crippen molar-refractivity contribution in [2.24, 2.45) is 5.41 Å². The maximum Gasteiger partial charge on any atom is 0.228 e. The number of carbonyl (C=O) groups excluding carboxylic acids is 7. The van der Waals surface area contributed by atoms with Gasteiger partial charge in [-0.3, -0.25) is 33.6 Å². The number of hydrogen-bond donors (Lipinski definition) is 5. The zero-order chi connectivity index (χ0) is 85.2. The van der Waals surface area contributed by atoms with E-state index in [0.717, 1.165) is 118 Å². The highest BCUT2D eigenvalue weighted by atomic mass is 16.6. The van der Waals surface area contributed by atoms with Crippen LogP contribution in [-0.2, 0) is 87.2 Å². The number of aryl methyl sites for hydroxylation is 5. The Hall–Kier alpha value is -13.0. The first-order chi connectivity index (χ1) is 59.2. The Morgan fingerprint density at radius 2 is 0.650 bits per heavy atom. The third-order valence-corrected chi connectivity index (χ3v) is 26.5. The summed E-state index contributed by atoms with van der Waals surface area (Å²) in [7, 11) is 0. The first-order valence-corrected chi connectivity index (χ1v) is 43.1. The third-order valence-electron chi connectivity index (χ3n) is 26.5. The second-order valence-corrected chi connectivity index (χ2v) is 36.3. The second kappa shape index (κ2) is 31.5. The van der Waals surface area contributed by atoms with Crippen molar-refractivity contribution in [2.45, 2.75) is 171 Å². The van der Waals surface area contributed by atoms with E-state index in [1.165, 1.54) is 177 Å². The van der Waals surface area contributed by atoms with Crippen LogP contribution in [0.1, 0.15) is 225 Å². The van der Waals surface area contributed by atoms with Crippen LogP contribution in [0, 0.1) is 40.0 Å². The van der Waals surface area contributed by atoms with Gasteiger partial charge >= 0.3 is 0 Å². The predicted octanol–water partition coefficient (Wildman–Crippen LogP) is 22.3. The van der Waals surface area contributed by atoms with Crippen LogP contribution < -0.4 is 26.6 Å². The second-order valence-electron chi connectivity index (χ2n) is 36.3.